The van der Waals surface area contributed by atoms with Gasteiger partial charge in [0.2, 0.25) is 0 Å². The van der Waals surface area contributed by atoms with E-state index in [-0.39, 0.29) is 6.61 Å². The van der Waals surface area contributed by atoms with Gasteiger partial charge >= 0.3 is 0 Å². The van der Waals surface area contributed by atoms with Crippen LogP contribution in [0.2, 0.25) is 0 Å². The fourth-order valence-corrected chi connectivity index (χ4v) is 1.18. The molecule has 0 aliphatic carbocycles. The SMILES string of the molecule is CC(CCO)NC(CN)C(C)C. The van der Waals surface area contributed by atoms with E-state index in [4.69, 9.17) is 10.8 Å². The average molecular weight is 174 g/mol. The van der Waals surface area contributed by atoms with Crippen molar-refractivity contribution in [1.29, 1.82) is 0 Å². The molecule has 0 saturated heterocycles. The number of hydrogen-bond acceptors (Lipinski definition) is 3. The van der Waals surface area contributed by atoms with E-state index in [9.17, 15) is 0 Å². The van der Waals surface area contributed by atoms with Crippen molar-refractivity contribution in [2.45, 2.75) is 39.3 Å². The Kier molecular flexibility index (Phi) is 6.34. The first kappa shape index (κ1) is 11.9. The van der Waals surface area contributed by atoms with Crippen molar-refractivity contribution in [3.63, 3.8) is 0 Å². The van der Waals surface area contributed by atoms with Gasteiger partial charge in [0.15, 0.2) is 0 Å². The molecule has 0 aliphatic heterocycles. The summed E-state index contributed by atoms with van der Waals surface area (Å²) < 4.78 is 0. The second kappa shape index (κ2) is 6.40. The van der Waals surface area contributed by atoms with Crippen LogP contribution in [0.5, 0.6) is 0 Å². The first-order valence-electron chi connectivity index (χ1n) is 4.68. The molecule has 2 unspecified atom stereocenters. The van der Waals surface area contributed by atoms with E-state index in [1.807, 2.05) is 0 Å². The molecule has 2 atom stereocenters. The summed E-state index contributed by atoms with van der Waals surface area (Å²) >= 11 is 0. The van der Waals surface area contributed by atoms with Crippen LogP contribution in [0.1, 0.15) is 27.2 Å². The molecule has 0 rings (SSSR count). The van der Waals surface area contributed by atoms with Gasteiger partial charge in [-0.15, -0.1) is 0 Å². The minimum atomic E-state index is 0.240. The van der Waals surface area contributed by atoms with E-state index in [2.05, 4.69) is 26.1 Å². The van der Waals surface area contributed by atoms with E-state index in [1.54, 1.807) is 0 Å². The molecule has 0 fully saturated rings. The Morgan fingerprint density at radius 3 is 2.25 bits per heavy atom. The van der Waals surface area contributed by atoms with Gasteiger partial charge in [-0.2, -0.15) is 0 Å². The number of aliphatic hydroxyl groups excluding tert-OH is 1. The lowest BCUT2D eigenvalue weighted by atomic mass is 10.0. The van der Waals surface area contributed by atoms with Crippen molar-refractivity contribution in [2.75, 3.05) is 13.2 Å². The van der Waals surface area contributed by atoms with E-state index in [0.717, 1.165) is 6.42 Å². The molecule has 74 valence electrons. The van der Waals surface area contributed by atoms with Gasteiger partial charge < -0.3 is 16.2 Å². The zero-order chi connectivity index (χ0) is 9.56. The van der Waals surface area contributed by atoms with Crippen LogP contribution in [0, 0.1) is 5.92 Å². The maximum Gasteiger partial charge on any atom is 0.0445 e. The van der Waals surface area contributed by atoms with Crippen molar-refractivity contribution in [1.82, 2.24) is 5.32 Å². The van der Waals surface area contributed by atoms with Crippen LogP contribution < -0.4 is 11.1 Å². The summed E-state index contributed by atoms with van der Waals surface area (Å²) in [7, 11) is 0. The maximum absolute atomic E-state index is 8.69. The summed E-state index contributed by atoms with van der Waals surface area (Å²) in [5, 5.41) is 12.1. The van der Waals surface area contributed by atoms with Crippen molar-refractivity contribution in [3.05, 3.63) is 0 Å². The van der Waals surface area contributed by atoms with Crippen LogP contribution in [0.25, 0.3) is 0 Å². The Morgan fingerprint density at radius 1 is 1.33 bits per heavy atom. The smallest absolute Gasteiger partial charge is 0.0445 e. The summed E-state index contributed by atoms with van der Waals surface area (Å²) in [6.07, 6.45) is 0.795. The van der Waals surface area contributed by atoms with Crippen molar-refractivity contribution >= 4 is 0 Å². The molecule has 0 radical (unpaired) electrons. The van der Waals surface area contributed by atoms with Crippen LogP contribution in [-0.2, 0) is 0 Å². The molecule has 0 saturated carbocycles. The highest BCUT2D eigenvalue weighted by atomic mass is 16.3. The van der Waals surface area contributed by atoms with Crippen molar-refractivity contribution in [2.24, 2.45) is 11.7 Å². The molecule has 0 amide bonds. The van der Waals surface area contributed by atoms with Gasteiger partial charge in [0.05, 0.1) is 0 Å². The Hall–Kier alpha value is -0.120. The number of rotatable bonds is 6. The van der Waals surface area contributed by atoms with E-state index in [0.29, 0.717) is 24.5 Å². The molecule has 0 heterocycles. The quantitative estimate of drug-likeness (QED) is 0.544. The Labute approximate surface area is 75.3 Å². The molecule has 12 heavy (non-hydrogen) atoms. The van der Waals surface area contributed by atoms with E-state index >= 15 is 0 Å². The maximum atomic E-state index is 8.69. The zero-order valence-corrected chi connectivity index (χ0v) is 8.38. The largest absolute Gasteiger partial charge is 0.396 e. The summed E-state index contributed by atoms with van der Waals surface area (Å²) in [5.41, 5.74) is 5.59. The second-order valence-electron chi connectivity index (χ2n) is 3.67. The third-order valence-corrected chi connectivity index (χ3v) is 2.12. The Balaban J connectivity index is 3.69. The fourth-order valence-electron chi connectivity index (χ4n) is 1.18. The number of aliphatic hydroxyl groups is 1. The van der Waals surface area contributed by atoms with Crippen LogP contribution in [-0.4, -0.2) is 30.3 Å². The molecule has 3 nitrogen and oxygen atoms in total. The van der Waals surface area contributed by atoms with Gasteiger partial charge in [0, 0.05) is 25.2 Å². The molecule has 0 aromatic carbocycles. The topological polar surface area (TPSA) is 58.3 Å². The lowest BCUT2D eigenvalue weighted by Crippen LogP contribution is -2.45. The zero-order valence-electron chi connectivity index (χ0n) is 8.38. The molecule has 0 aromatic rings. The molecule has 4 N–H and O–H groups in total. The molecule has 0 aromatic heterocycles. The van der Waals surface area contributed by atoms with Crippen molar-refractivity contribution < 1.29 is 5.11 Å². The number of nitrogens with one attached hydrogen (secondary N) is 1. The molecule has 0 aliphatic rings. The predicted molar refractivity (Wildman–Crippen MR) is 52.0 cm³/mol. The summed E-state index contributed by atoms with van der Waals surface area (Å²) in [6.45, 7) is 7.27. The first-order chi connectivity index (χ1) is 5.61. The third kappa shape index (κ3) is 4.70. The third-order valence-electron chi connectivity index (χ3n) is 2.12. The highest BCUT2D eigenvalue weighted by Gasteiger charge is 2.13. The lowest BCUT2D eigenvalue weighted by Gasteiger charge is -2.24. The monoisotopic (exact) mass is 174 g/mol. The van der Waals surface area contributed by atoms with Gasteiger partial charge in [-0.3, -0.25) is 0 Å². The van der Waals surface area contributed by atoms with E-state index < -0.39 is 0 Å². The Bertz CT molecular complexity index is 107. The van der Waals surface area contributed by atoms with Crippen LogP contribution >= 0.6 is 0 Å². The second-order valence-corrected chi connectivity index (χ2v) is 3.67. The summed E-state index contributed by atoms with van der Waals surface area (Å²) in [5.74, 6) is 0.552. The number of nitrogens with two attached hydrogens (primary N) is 1. The van der Waals surface area contributed by atoms with Crippen LogP contribution in [0.4, 0.5) is 0 Å². The first-order valence-corrected chi connectivity index (χ1v) is 4.68. The average Bonchev–Trinajstić information content (AvgIpc) is 2.00. The standard InChI is InChI=1S/C9H22N2O/c1-7(2)9(6-10)11-8(3)4-5-12/h7-9,11-12H,4-6,10H2,1-3H3. The summed E-state index contributed by atoms with van der Waals surface area (Å²) in [4.78, 5) is 0. The molecule has 3 heteroatoms. The minimum absolute atomic E-state index is 0.240. The van der Waals surface area contributed by atoms with Gasteiger partial charge in [-0.05, 0) is 19.3 Å². The molecule has 0 bridgehead atoms. The van der Waals surface area contributed by atoms with Gasteiger partial charge in [-0.25, -0.2) is 0 Å². The summed E-state index contributed by atoms with van der Waals surface area (Å²) in [6, 6.07) is 0.720. The minimum Gasteiger partial charge on any atom is -0.396 e. The normalized spacial score (nSPS) is 16.5. The lowest BCUT2D eigenvalue weighted by molar-refractivity contribution is 0.255. The van der Waals surface area contributed by atoms with Gasteiger partial charge in [-0.1, -0.05) is 13.8 Å². The van der Waals surface area contributed by atoms with E-state index in [1.165, 1.54) is 0 Å². The fraction of sp³-hybridized carbons (Fsp3) is 1.00. The molecular formula is C9H22N2O. The van der Waals surface area contributed by atoms with Gasteiger partial charge in [0.25, 0.3) is 0 Å². The molecule has 0 spiro atoms. The highest BCUT2D eigenvalue weighted by molar-refractivity contribution is 4.74. The van der Waals surface area contributed by atoms with Crippen LogP contribution in [0.15, 0.2) is 0 Å². The van der Waals surface area contributed by atoms with Crippen molar-refractivity contribution in [3.8, 4) is 0 Å². The predicted octanol–water partition coefficient (Wildman–Crippen LogP) is 0.330. The number of hydrogen-bond donors (Lipinski definition) is 3. The molecular weight excluding hydrogens is 152 g/mol. The van der Waals surface area contributed by atoms with Crippen LogP contribution in [0.3, 0.4) is 0 Å². The highest BCUT2D eigenvalue weighted by Crippen LogP contribution is 2.02. The Morgan fingerprint density at radius 2 is 1.92 bits per heavy atom. The van der Waals surface area contributed by atoms with Gasteiger partial charge in [0.1, 0.15) is 0 Å².